The zero-order valence-corrected chi connectivity index (χ0v) is 12.9. The molecule has 0 aliphatic rings. The molecule has 0 radical (unpaired) electrons. The summed E-state index contributed by atoms with van der Waals surface area (Å²) in [6.45, 7) is 4.52. The van der Waals surface area contributed by atoms with Crippen LogP contribution < -0.4 is 10.6 Å². The van der Waals surface area contributed by atoms with Crippen molar-refractivity contribution >= 4 is 11.6 Å². The second-order valence-electron chi connectivity index (χ2n) is 5.58. The van der Waals surface area contributed by atoms with Crippen LogP contribution in [0.5, 0.6) is 0 Å². The molecule has 2 N–H and O–H groups in total. The molecular formula is C18H21FN2O. The van der Waals surface area contributed by atoms with Crippen LogP contribution in [0.3, 0.4) is 0 Å². The van der Waals surface area contributed by atoms with E-state index in [0.717, 1.165) is 16.8 Å². The fourth-order valence-corrected chi connectivity index (χ4v) is 2.11. The molecule has 0 unspecified atom stereocenters. The van der Waals surface area contributed by atoms with Crippen molar-refractivity contribution in [2.45, 2.75) is 32.9 Å². The summed E-state index contributed by atoms with van der Waals surface area (Å²) < 4.78 is 12.8. The molecule has 0 aliphatic carbocycles. The molecule has 4 heteroatoms. The van der Waals surface area contributed by atoms with Crippen LogP contribution in [0.25, 0.3) is 0 Å². The number of benzene rings is 2. The average Bonchev–Trinajstić information content (AvgIpc) is 2.47. The molecule has 0 aliphatic heterocycles. The second kappa shape index (κ2) is 7.59. The summed E-state index contributed by atoms with van der Waals surface area (Å²) in [7, 11) is 0. The lowest BCUT2D eigenvalue weighted by atomic mass is 10.1. The molecule has 2 rings (SSSR count). The Bertz CT molecular complexity index is 606. The zero-order valence-electron chi connectivity index (χ0n) is 12.9. The lowest BCUT2D eigenvalue weighted by Gasteiger charge is -2.10. The summed E-state index contributed by atoms with van der Waals surface area (Å²) in [5.74, 6) is -0.199. The molecule has 2 aromatic carbocycles. The Morgan fingerprint density at radius 3 is 2.18 bits per heavy atom. The van der Waals surface area contributed by atoms with Crippen molar-refractivity contribution in [3.63, 3.8) is 0 Å². The zero-order chi connectivity index (χ0) is 15.9. The van der Waals surface area contributed by atoms with E-state index in [9.17, 15) is 9.18 Å². The molecule has 0 aromatic heterocycles. The number of amides is 1. The number of hydrogen-bond donors (Lipinski definition) is 2. The van der Waals surface area contributed by atoms with E-state index in [0.29, 0.717) is 13.0 Å². The van der Waals surface area contributed by atoms with Gasteiger partial charge in [-0.1, -0.05) is 24.3 Å². The first-order valence-electron chi connectivity index (χ1n) is 7.39. The van der Waals surface area contributed by atoms with Crippen LogP contribution >= 0.6 is 0 Å². The summed E-state index contributed by atoms with van der Waals surface area (Å²) in [5, 5.41) is 6.14. The minimum atomic E-state index is -0.229. The fourth-order valence-electron chi connectivity index (χ4n) is 2.11. The minimum Gasteiger partial charge on any atom is -0.381 e. The molecular weight excluding hydrogens is 279 g/mol. The monoisotopic (exact) mass is 300 g/mol. The number of halogens is 1. The van der Waals surface area contributed by atoms with Crippen molar-refractivity contribution in [3.8, 4) is 0 Å². The summed E-state index contributed by atoms with van der Waals surface area (Å²) in [6.07, 6.45) is 0.385. The molecule has 0 saturated heterocycles. The molecule has 2 aromatic rings. The van der Waals surface area contributed by atoms with Gasteiger partial charge in [0.1, 0.15) is 5.82 Å². The predicted molar refractivity (Wildman–Crippen MR) is 87.2 cm³/mol. The van der Waals surface area contributed by atoms with Crippen molar-refractivity contribution < 1.29 is 9.18 Å². The van der Waals surface area contributed by atoms with Gasteiger partial charge in [0.15, 0.2) is 0 Å². The minimum absolute atomic E-state index is 0.0296. The summed E-state index contributed by atoms with van der Waals surface area (Å²) >= 11 is 0. The van der Waals surface area contributed by atoms with Gasteiger partial charge in [-0.05, 0) is 49.2 Å². The first-order valence-corrected chi connectivity index (χ1v) is 7.39. The molecule has 0 atom stereocenters. The van der Waals surface area contributed by atoms with Gasteiger partial charge in [-0.25, -0.2) is 4.39 Å². The van der Waals surface area contributed by atoms with Gasteiger partial charge < -0.3 is 10.6 Å². The highest BCUT2D eigenvalue weighted by atomic mass is 19.1. The number of hydrogen-bond acceptors (Lipinski definition) is 2. The van der Waals surface area contributed by atoms with Crippen LogP contribution in [0.1, 0.15) is 25.0 Å². The summed E-state index contributed by atoms with van der Waals surface area (Å²) in [5.41, 5.74) is 2.96. The molecule has 0 fully saturated rings. The standard InChI is InChI=1S/C18H21FN2O/c1-13(2)21-18(22)11-14-5-9-17(10-6-14)20-12-15-3-7-16(19)8-4-15/h3-10,13,20H,11-12H2,1-2H3,(H,21,22). The van der Waals surface area contributed by atoms with Crippen LogP contribution in [0, 0.1) is 5.82 Å². The van der Waals surface area contributed by atoms with E-state index in [-0.39, 0.29) is 17.8 Å². The van der Waals surface area contributed by atoms with Crippen molar-refractivity contribution in [2.75, 3.05) is 5.32 Å². The lowest BCUT2D eigenvalue weighted by molar-refractivity contribution is -0.120. The molecule has 0 saturated carbocycles. The van der Waals surface area contributed by atoms with Crippen molar-refractivity contribution in [3.05, 3.63) is 65.5 Å². The van der Waals surface area contributed by atoms with Crippen molar-refractivity contribution in [1.82, 2.24) is 5.32 Å². The highest BCUT2D eigenvalue weighted by Crippen LogP contribution is 2.12. The van der Waals surface area contributed by atoms with Crippen molar-refractivity contribution in [2.24, 2.45) is 0 Å². The largest absolute Gasteiger partial charge is 0.381 e. The third-order valence-corrected chi connectivity index (χ3v) is 3.18. The van der Waals surface area contributed by atoms with Gasteiger partial charge in [0.2, 0.25) is 5.91 Å². The fraction of sp³-hybridized carbons (Fsp3) is 0.278. The van der Waals surface area contributed by atoms with Crippen LogP contribution in [-0.4, -0.2) is 11.9 Å². The number of anilines is 1. The van der Waals surface area contributed by atoms with Gasteiger partial charge in [-0.15, -0.1) is 0 Å². The summed E-state index contributed by atoms with van der Waals surface area (Å²) in [6, 6.07) is 14.3. The first-order chi connectivity index (χ1) is 10.5. The van der Waals surface area contributed by atoms with Gasteiger partial charge in [0, 0.05) is 18.3 Å². The highest BCUT2D eigenvalue weighted by Gasteiger charge is 2.04. The van der Waals surface area contributed by atoms with E-state index < -0.39 is 0 Å². The van der Waals surface area contributed by atoms with Gasteiger partial charge in [-0.2, -0.15) is 0 Å². The maximum Gasteiger partial charge on any atom is 0.224 e. The van der Waals surface area contributed by atoms with Crippen LogP contribution in [-0.2, 0) is 17.8 Å². The SMILES string of the molecule is CC(C)NC(=O)Cc1ccc(NCc2ccc(F)cc2)cc1. The molecule has 1 amide bonds. The number of rotatable bonds is 6. The Kier molecular flexibility index (Phi) is 5.53. The topological polar surface area (TPSA) is 41.1 Å². The number of carbonyl (C=O) groups is 1. The summed E-state index contributed by atoms with van der Waals surface area (Å²) in [4.78, 5) is 11.7. The normalized spacial score (nSPS) is 10.5. The van der Waals surface area contributed by atoms with E-state index in [1.165, 1.54) is 12.1 Å². The van der Waals surface area contributed by atoms with Crippen molar-refractivity contribution in [1.29, 1.82) is 0 Å². The van der Waals surface area contributed by atoms with Gasteiger partial charge in [0.05, 0.1) is 6.42 Å². The molecule has 0 heterocycles. The smallest absolute Gasteiger partial charge is 0.224 e. The Hall–Kier alpha value is -2.36. The van der Waals surface area contributed by atoms with E-state index in [1.807, 2.05) is 38.1 Å². The third kappa shape index (κ3) is 5.20. The highest BCUT2D eigenvalue weighted by molar-refractivity contribution is 5.78. The Morgan fingerprint density at radius 2 is 1.59 bits per heavy atom. The van der Waals surface area contributed by atoms with Gasteiger partial charge >= 0.3 is 0 Å². The lowest BCUT2D eigenvalue weighted by Crippen LogP contribution is -2.31. The third-order valence-electron chi connectivity index (χ3n) is 3.18. The number of carbonyl (C=O) groups excluding carboxylic acids is 1. The molecule has 116 valence electrons. The van der Waals surface area contributed by atoms with Gasteiger partial charge in [0.25, 0.3) is 0 Å². The van der Waals surface area contributed by atoms with Crippen LogP contribution in [0.15, 0.2) is 48.5 Å². The molecule has 0 bridgehead atoms. The van der Waals surface area contributed by atoms with Crippen LogP contribution in [0.2, 0.25) is 0 Å². The molecule has 0 spiro atoms. The molecule has 3 nitrogen and oxygen atoms in total. The quantitative estimate of drug-likeness (QED) is 0.857. The van der Waals surface area contributed by atoms with Crippen LogP contribution in [0.4, 0.5) is 10.1 Å². The maximum atomic E-state index is 12.8. The number of nitrogens with one attached hydrogen (secondary N) is 2. The second-order valence-corrected chi connectivity index (χ2v) is 5.58. The Morgan fingerprint density at radius 1 is 1.00 bits per heavy atom. The van der Waals surface area contributed by atoms with E-state index in [2.05, 4.69) is 10.6 Å². The first kappa shape index (κ1) is 16.0. The van der Waals surface area contributed by atoms with Gasteiger partial charge in [-0.3, -0.25) is 4.79 Å². The predicted octanol–water partition coefficient (Wildman–Crippen LogP) is 3.50. The van der Waals surface area contributed by atoms with E-state index in [1.54, 1.807) is 12.1 Å². The maximum absolute atomic E-state index is 12.8. The van der Waals surface area contributed by atoms with E-state index >= 15 is 0 Å². The Balaban J connectivity index is 1.86. The average molecular weight is 300 g/mol. The molecule has 22 heavy (non-hydrogen) atoms. The Labute approximate surface area is 130 Å². The van der Waals surface area contributed by atoms with E-state index in [4.69, 9.17) is 0 Å².